The van der Waals surface area contributed by atoms with Gasteiger partial charge in [0.2, 0.25) is 0 Å². The Balaban J connectivity index is 2.48. The second kappa shape index (κ2) is 5.80. The average molecular weight is 370 g/mol. The normalized spacial score (nSPS) is 11.4. The molecule has 1 heterocycles. The topological polar surface area (TPSA) is 83.5 Å². The van der Waals surface area contributed by atoms with E-state index < -0.39 is 26.7 Å². The number of thiophene rings is 1. The van der Waals surface area contributed by atoms with Crippen LogP contribution in [0.3, 0.4) is 0 Å². The molecule has 0 aliphatic rings. The summed E-state index contributed by atoms with van der Waals surface area (Å²) in [5.74, 6) is -2.10. The van der Waals surface area contributed by atoms with Crippen LogP contribution in [-0.2, 0) is 10.0 Å². The zero-order valence-corrected chi connectivity index (χ0v) is 13.1. The molecule has 0 saturated heterocycles. The lowest BCUT2D eigenvalue weighted by Gasteiger charge is -2.11. The van der Waals surface area contributed by atoms with E-state index in [9.17, 15) is 17.6 Å². The highest BCUT2D eigenvalue weighted by atomic mass is 35.5. The van der Waals surface area contributed by atoms with E-state index in [2.05, 4.69) is 4.72 Å². The van der Waals surface area contributed by atoms with Gasteiger partial charge in [-0.05, 0) is 23.6 Å². The molecule has 0 bridgehead atoms. The van der Waals surface area contributed by atoms with Gasteiger partial charge in [0.05, 0.1) is 15.7 Å². The van der Waals surface area contributed by atoms with Crippen molar-refractivity contribution in [2.75, 3.05) is 4.72 Å². The molecule has 1 aromatic carbocycles. The number of rotatable bonds is 4. The van der Waals surface area contributed by atoms with Crippen molar-refractivity contribution in [1.29, 1.82) is 0 Å². The number of aromatic carboxylic acids is 1. The van der Waals surface area contributed by atoms with E-state index in [1.165, 1.54) is 5.38 Å². The van der Waals surface area contributed by atoms with Crippen molar-refractivity contribution in [3.63, 3.8) is 0 Å². The van der Waals surface area contributed by atoms with E-state index >= 15 is 0 Å². The Hall–Kier alpha value is -1.35. The van der Waals surface area contributed by atoms with E-state index in [-0.39, 0.29) is 20.6 Å². The monoisotopic (exact) mass is 369 g/mol. The number of halogens is 3. The highest BCUT2D eigenvalue weighted by molar-refractivity contribution is 7.93. The fourth-order valence-electron chi connectivity index (χ4n) is 1.49. The second-order valence-corrected chi connectivity index (χ2v) is 7.15. The summed E-state index contributed by atoms with van der Waals surface area (Å²) in [6, 6.07) is 2.91. The van der Waals surface area contributed by atoms with Crippen LogP contribution in [0.15, 0.2) is 28.5 Å². The molecule has 10 heteroatoms. The van der Waals surface area contributed by atoms with Crippen molar-refractivity contribution in [2.45, 2.75) is 4.90 Å². The van der Waals surface area contributed by atoms with E-state index in [1.807, 2.05) is 0 Å². The smallest absolute Gasteiger partial charge is 0.347 e. The Kier molecular flexibility index (Phi) is 4.43. The zero-order valence-electron chi connectivity index (χ0n) is 9.93. The van der Waals surface area contributed by atoms with Crippen molar-refractivity contribution in [3.05, 3.63) is 44.3 Å². The molecule has 5 nitrogen and oxygen atoms in total. The molecule has 0 aliphatic heterocycles. The Morgan fingerprint density at radius 3 is 2.38 bits per heavy atom. The van der Waals surface area contributed by atoms with Crippen molar-refractivity contribution < 1.29 is 22.7 Å². The van der Waals surface area contributed by atoms with Gasteiger partial charge in [0.25, 0.3) is 10.0 Å². The minimum Gasteiger partial charge on any atom is -0.477 e. The van der Waals surface area contributed by atoms with E-state index in [0.29, 0.717) is 0 Å². The number of benzene rings is 1. The molecule has 0 fully saturated rings. The van der Waals surface area contributed by atoms with E-state index in [4.69, 9.17) is 28.3 Å². The van der Waals surface area contributed by atoms with Crippen molar-refractivity contribution >= 4 is 56.2 Å². The summed E-state index contributed by atoms with van der Waals surface area (Å²) in [5, 5.41) is 9.79. The number of anilines is 1. The van der Waals surface area contributed by atoms with Crippen LogP contribution in [0, 0.1) is 5.82 Å². The van der Waals surface area contributed by atoms with Crippen LogP contribution in [0.1, 0.15) is 9.67 Å². The van der Waals surface area contributed by atoms with Crippen molar-refractivity contribution in [1.82, 2.24) is 0 Å². The lowest BCUT2D eigenvalue weighted by molar-refractivity contribution is 0.0698. The summed E-state index contributed by atoms with van der Waals surface area (Å²) < 4.78 is 39.5. The Morgan fingerprint density at radius 1 is 1.29 bits per heavy atom. The molecule has 0 amide bonds. The lowest BCUT2D eigenvalue weighted by Crippen LogP contribution is -2.15. The van der Waals surface area contributed by atoms with Crippen LogP contribution < -0.4 is 4.72 Å². The standard InChI is InChI=1S/C11H6Cl2FNO4S2/c12-6-3-5(14)4-7(13)9(6)15-21(18,19)8-1-2-20-10(8)11(16)17/h1-4,15H,(H,16,17). The molecule has 0 atom stereocenters. The molecule has 2 N–H and O–H groups in total. The first-order valence-electron chi connectivity index (χ1n) is 5.20. The molecule has 2 aromatic rings. The fraction of sp³-hybridized carbons (Fsp3) is 0. The van der Waals surface area contributed by atoms with Gasteiger partial charge in [0.15, 0.2) is 0 Å². The maximum atomic E-state index is 13.1. The van der Waals surface area contributed by atoms with Crippen molar-refractivity contribution in [2.24, 2.45) is 0 Å². The molecule has 0 saturated carbocycles. The third-order valence-corrected chi connectivity index (χ3v) is 5.38. The summed E-state index contributed by atoms with van der Waals surface area (Å²) in [6.07, 6.45) is 0. The van der Waals surface area contributed by atoms with E-state index in [0.717, 1.165) is 29.5 Å². The lowest BCUT2D eigenvalue weighted by atomic mass is 10.3. The van der Waals surface area contributed by atoms with Crippen LogP contribution in [0.25, 0.3) is 0 Å². The third-order valence-electron chi connectivity index (χ3n) is 2.36. The van der Waals surface area contributed by atoms with Gasteiger partial charge in [-0.1, -0.05) is 23.2 Å². The third kappa shape index (κ3) is 3.29. The second-order valence-electron chi connectivity index (χ2n) is 3.77. The largest absolute Gasteiger partial charge is 0.477 e. The van der Waals surface area contributed by atoms with Crippen molar-refractivity contribution in [3.8, 4) is 0 Å². The van der Waals surface area contributed by atoms with Crippen LogP contribution in [-0.4, -0.2) is 19.5 Å². The predicted molar refractivity (Wildman–Crippen MR) is 78.5 cm³/mol. The zero-order chi connectivity index (χ0) is 15.8. The summed E-state index contributed by atoms with van der Waals surface area (Å²) >= 11 is 12.2. The number of hydrogen-bond donors (Lipinski definition) is 2. The van der Waals surface area contributed by atoms with Gasteiger partial charge in [0, 0.05) is 0 Å². The first-order chi connectivity index (χ1) is 9.72. The number of nitrogens with one attached hydrogen (secondary N) is 1. The van der Waals surface area contributed by atoms with Gasteiger partial charge in [-0.15, -0.1) is 11.3 Å². The summed E-state index contributed by atoms with van der Waals surface area (Å²) in [4.78, 5) is 10.2. The number of carboxylic acids is 1. The molecular formula is C11H6Cl2FNO4S2. The number of carbonyl (C=O) groups is 1. The molecule has 0 radical (unpaired) electrons. The number of sulfonamides is 1. The minimum atomic E-state index is -4.22. The summed E-state index contributed by atoms with van der Waals surface area (Å²) in [5.41, 5.74) is -0.220. The molecular weight excluding hydrogens is 364 g/mol. The number of hydrogen-bond acceptors (Lipinski definition) is 4. The highest BCUT2D eigenvalue weighted by Crippen LogP contribution is 2.34. The molecule has 112 valence electrons. The van der Waals surface area contributed by atoms with E-state index in [1.54, 1.807) is 0 Å². The fourth-order valence-corrected chi connectivity index (χ4v) is 4.52. The first kappa shape index (κ1) is 16.0. The predicted octanol–water partition coefficient (Wildman–Crippen LogP) is 3.69. The maximum Gasteiger partial charge on any atom is 0.347 e. The molecule has 21 heavy (non-hydrogen) atoms. The van der Waals surface area contributed by atoms with Crippen LogP contribution in [0.4, 0.5) is 10.1 Å². The van der Waals surface area contributed by atoms with Gasteiger partial charge in [-0.3, -0.25) is 4.72 Å². The molecule has 1 aromatic heterocycles. The Labute approximate surface area is 133 Å². The van der Waals surface area contributed by atoms with Crippen LogP contribution in [0.2, 0.25) is 10.0 Å². The highest BCUT2D eigenvalue weighted by Gasteiger charge is 2.25. The first-order valence-corrected chi connectivity index (χ1v) is 8.32. The molecule has 2 rings (SSSR count). The SMILES string of the molecule is O=C(O)c1sccc1S(=O)(=O)Nc1c(Cl)cc(F)cc1Cl. The Bertz CT molecular complexity index is 796. The number of carboxylic acid groups (broad SMARTS) is 1. The summed E-state index contributed by atoms with van der Waals surface area (Å²) in [6.45, 7) is 0. The summed E-state index contributed by atoms with van der Waals surface area (Å²) in [7, 11) is -4.22. The quantitative estimate of drug-likeness (QED) is 0.860. The Morgan fingerprint density at radius 2 is 1.86 bits per heavy atom. The molecule has 0 aliphatic carbocycles. The van der Waals surface area contributed by atoms with Gasteiger partial charge in [-0.2, -0.15) is 0 Å². The van der Waals surface area contributed by atoms with Gasteiger partial charge < -0.3 is 5.11 Å². The molecule has 0 spiro atoms. The molecule has 0 unspecified atom stereocenters. The van der Waals surface area contributed by atoms with Crippen LogP contribution in [0.5, 0.6) is 0 Å². The minimum absolute atomic E-state index is 0.220. The average Bonchev–Trinajstić information content (AvgIpc) is 2.83. The van der Waals surface area contributed by atoms with Gasteiger partial charge >= 0.3 is 5.97 Å². The van der Waals surface area contributed by atoms with Gasteiger partial charge in [-0.25, -0.2) is 17.6 Å². The van der Waals surface area contributed by atoms with Crippen LogP contribution >= 0.6 is 34.5 Å². The van der Waals surface area contributed by atoms with Gasteiger partial charge in [0.1, 0.15) is 15.6 Å². The maximum absolute atomic E-state index is 13.1.